The van der Waals surface area contributed by atoms with Crippen molar-refractivity contribution in [3.05, 3.63) is 0 Å². The molecule has 1 heterocycles. The lowest BCUT2D eigenvalue weighted by molar-refractivity contribution is -0.141. The van der Waals surface area contributed by atoms with Gasteiger partial charge in [-0.15, -0.1) is 0 Å². The van der Waals surface area contributed by atoms with Crippen LogP contribution in [-0.2, 0) is 9.53 Å². The van der Waals surface area contributed by atoms with Crippen molar-refractivity contribution in [2.75, 3.05) is 26.3 Å². The summed E-state index contributed by atoms with van der Waals surface area (Å²) in [5.41, 5.74) is 0. The maximum absolute atomic E-state index is 12.3. The zero-order chi connectivity index (χ0) is 10.3. The van der Waals surface area contributed by atoms with Gasteiger partial charge in [-0.1, -0.05) is 6.42 Å². The molecule has 0 aromatic rings. The number of hydrogen-bond acceptors (Lipinski definition) is 2. The zero-order valence-electron chi connectivity index (χ0n) is 9.15. The number of carbonyl (C=O) groups excluding carboxylic acids is 1. The van der Waals surface area contributed by atoms with Crippen LogP contribution in [0, 0.1) is 17.8 Å². The molecule has 0 aromatic heterocycles. The third-order valence-electron chi connectivity index (χ3n) is 4.38. The van der Waals surface area contributed by atoms with Gasteiger partial charge in [-0.2, -0.15) is 0 Å². The number of carbonyl (C=O) groups is 1. The molecule has 1 saturated heterocycles. The van der Waals surface area contributed by atoms with Crippen LogP contribution in [0.2, 0.25) is 0 Å². The van der Waals surface area contributed by atoms with Crippen molar-refractivity contribution in [2.24, 2.45) is 17.8 Å². The lowest BCUT2D eigenvalue weighted by Crippen LogP contribution is -2.44. The van der Waals surface area contributed by atoms with E-state index in [1.807, 2.05) is 4.90 Å². The molecule has 0 spiro atoms. The summed E-state index contributed by atoms with van der Waals surface area (Å²) in [4.78, 5) is 14.3. The molecule has 2 saturated carbocycles. The highest BCUT2D eigenvalue weighted by molar-refractivity contribution is 5.79. The summed E-state index contributed by atoms with van der Waals surface area (Å²) < 4.78 is 5.28. The molecule has 3 atom stereocenters. The van der Waals surface area contributed by atoms with Gasteiger partial charge in [-0.3, -0.25) is 4.79 Å². The number of fused-ring (bicyclic) bond motifs is 2. The molecule has 2 bridgehead atoms. The molecule has 0 radical (unpaired) electrons. The molecule has 3 aliphatic rings. The summed E-state index contributed by atoms with van der Waals surface area (Å²) in [7, 11) is 0. The van der Waals surface area contributed by atoms with E-state index in [0.717, 1.165) is 32.2 Å². The fraction of sp³-hybridized carbons (Fsp3) is 0.917. The van der Waals surface area contributed by atoms with Gasteiger partial charge in [0.25, 0.3) is 0 Å². The highest BCUT2D eigenvalue weighted by atomic mass is 16.5. The molecule has 0 N–H and O–H groups in total. The van der Waals surface area contributed by atoms with Crippen LogP contribution in [0.25, 0.3) is 0 Å². The molecule has 1 aliphatic heterocycles. The van der Waals surface area contributed by atoms with Crippen LogP contribution in [0.4, 0.5) is 0 Å². The third-order valence-corrected chi connectivity index (χ3v) is 4.38. The summed E-state index contributed by atoms with van der Waals surface area (Å²) in [6.07, 6.45) is 5.16. The molecule has 3 heteroatoms. The Morgan fingerprint density at radius 3 is 2.53 bits per heavy atom. The van der Waals surface area contributed by atoms with Crippen LogP contribution in [-0.4, -0.2) is 37.1 Å². The van der Waals surface area contributed by atoms with E-state index in [0.29, 0.717) is 17.7 Å². The van der Waals surface area contributed by atoms with Crippen molar-refractivity contribution in [3.63, 3.8) is 0 Å². The van der Waals surface area contributed by atoms with E-state index in [1.54, 1.807) is 0 Å². The summed E-state index contributed by atoms with van der Waals surface area (Å²) >= 11 is 0. The fourth-order valence-electron chi connectivity index (χ4n) is 3.57. The molecule has 3 fully saturated rings. The second kappa shape index (κ2) is 3.78. The standard InChI is InChI=1S/C12H19NO2/c14-12(13-3-5-15-6-4-13)11-8-9-1-2-10(11)7-9/h9-11H,1-8H2/t9-,10+,11+/m1/s1. The molecule has 0 unspecified atom stereocenters. The molecule has 1 amide bonds. The largest absolute Gasteiger partial charge is 0.378 e. The molecule has 84 valence electrons. The Labute approximate surface area is 90.8 Å². The lowest BCUT2D eigenvalue weighted by Gasteiger charge is -2.32. The molecule has 3 nitrogen and oxygen atoms in total. The van der Waals surface area contributed by atoms with Gasteiger partial charge in [0.15, 0.2) is 0 Å². The van der Waals surface area contributed by atoms with Gasteiger partial charge in [0.05, 0.1) is 13.2 Å². The van der Waals surface area contributed by atoms with Gasteiger partial charge in [0.2, 0.25) is 5.91 Å². The zero-order valence-corrected chi connectivity index (χ0v) is 9.15. The van der Waals surface area contributed by atoms with Crippen LogP contribution >= 0.6 is 0 Å². The van der Waals surface area contributed by atoms with E-state index in [4.69, 9.17) is 4.74 Å². The molecular weight excluding hydrogens is 190 g/mol. The SMILES string of the molecule is O=C([C@H]1C[C@@H]2CC[C@H]1C2)N1CCOCC1. The van der Waals surface area contributed by atoms with Gasteiger partial charge in [-0.25, -0.2) is 0 Å². The van der Waals surface area contributed by atoms with Gasteiger partial charge < -0.3 is 9.64 Å². The van der Waals surface area contributed by atoms with E-state index in [-0.39, 0.29) is 0 Å². The number of hydrogen-bond donors (Lipinski definition) is 0. The number of rotatable bonds is 1. The predicted molar refractivity (Wildman–Crippen MR) is 56.3 cm³/mol. The smallest absolute Gasteiger partial charge is 0.226 e. The average Bonchev–Trinajstić information content (AvgIpc) is 2.91. The topological polar surface area (TPSA) is 29.5 Å². The second-order valence-electron chi connectivity index (χ2n) is 5.22. The number of morpholine rings is 1. The van der Waals surface area contributed by atoms with E-state index in [9.17, 15) is 4.79 Å². The van der Waals surface area contributed by atoms with Crippen LogP contribution in [0.15, 0.2) is 0 Å². The fourth-order valence-corrected chi connectivity index (χ4v) is 3.57. The Morgan fingerprint density at radius 2 is 1.93 bits per heavy atom. The maximum Gasteiger partial charge on any atom is 0.226 e. The Morgan fingerprint density at radius 1 is 1.13 bits per heavy atom. The number of ether oxygens (including phenoxy) is 1. The quantitative estimate of drug-likeness (QED) is 0.651. The first-order chi connectivity index (χ1) is 7.34. The van der Waals surface area contributed by atoms with Crippen molar-refractivity contribution in [3.8, 4) is 0 Å². The number of amides is 1. The summed E-state index contributed by atoms with van der Waals surface area (Å²) in [6, 6.07) is 0. The van der Waals surface area contributed by atoms with Crippen LogP contribution in [0.3, 0.4) is 0 Å². The Hall–Kier alpha value is -0.570. The third kappa shape index (κ3) is 1.67. The van der Waals surface area contributed by atoms with Gasteiger partial charge in [0, 0.05) is 19.0 Å². The van der Waals surface area contributed by atoms with Crippen molar-refractivity contribution >= 4 is 5.91 Å². The predicted octanol–water partition coefficient (Wildman–Crippen LogP) is 1.28. The minimum atomic E-state index is 0.363. The Balaban J connectivity index is 1.64. The maximum atomic E-state index is 12.3. The monoisotopic (exact) mass is 209 g/mol. The molecule has 2 aliphatic carbocycles. The normalized spacial score (nSPS) is 39.7. The lowest BCUT2D eigenvalue weighted by atomic mass is 9.87. The van der Waals surface area contributed by atoms with Crippen LogP contribution < -0.4 is 0 Å². The molecule has 3 rings (SSSR count). The van der Waals surface area contributed by atoms with E-state index in [2.05, 4.69) is 0 Å². The highest BCUT2D eigenvalue weighted by Crippen LogP contribution is 2.48. The van der Waals surface area contributed by atoms with E-state index < -0.39 is 0 Å². The van der Waals surface area contributed by atoms with E-state index >= 15 is 0 Å². The summed E-state index contributed by atoms with van der Waals surface area (Å²) in [5, 5.41) is 0. The van der Waals surface area contributed by atoms with E-state index in [1.165, 1.54) is 25.7 Å². The molecule has 15 heavy (non-hydrogen) atoms. The number of nitrogens with zero attached hydrogens (tertiary/aromatic N) is 1. The first-order valence-electron chi connectivity index (χ1n) is 6.21. The first kappa shape index (κ1) is 9.64. The summed E-state index contributed by atoms with van der Waals surface area (Å²) in [6.45, 7) is 3.08. The Kier molecular flexibility index (Phi) is 2.43. The minimum absolute atomic E-state index is 0.363. The van der Waals surface area contributed by atoms with Crippen molar-refractivity contribution in [1.82, 2.24) is 4.90 Å². The van der Waals surface area contributed by atoms with Gasteiger partial charge >= 0.3 is 0 Å². The van der Waals surface area contributed by atoms with Crippen LogP contribution in [0.1, 0.15) is 25.7 Å². The Bertz CT molecular complexity index is 260. The van der Waals surface area contributed by atoms with Crippen molar-refractivity contribution < 1.29 is 9.53 Å². The summed E-state index contributed by atoms with van der Waals surface area (Å²) in [5.74, 6) is 2.36. The second-order valence-corrected chi connectivity index (χ2v) is 5.22. The minimum Gasteiger partial charge on any atom is -0.378 e. The van der Waals surface area contributed by atoms with Crippen LogP contribution in [0.5, 0.6) is 0 Å². The van der Waals surface area contributed by atoms with Crippen molar-refractivity contribution in [1.29, 1.82) is 0 Å². The highest BCUT2D eigenvalue weighted by Gasteiger charge is 2.44. The first-order valence-corrected chi connectivity index (χ1v) is 6.21. The van der Waals surface area contributed by atoms with Gasteiger partial charge in [0.1, 0.15) is 0 Å². The van der Waals surface area contributed by atoms with Gasteiger partial charge in [-0.05, 0) is 31.1 Å². The molecule has 0 aromatic carbocycles. The van der Waals surface area contributed by atoms with Crippen molar-refractivity contribution in [2.45, 2.75) is 25.7 Å². The average molecular weight is 209 g/mol. The molecular formula is C12H19NO2.